The molecule has 0 spiro atoms. The van der Waals surface area contributed by atoms with Crippen molar-refractivity contribution in [3.63, 3.8) is 0 Å². The lowest BCUT2D eigenvalue weighted by molar-refractivity contribution is -0.111. The summed E-state index contributed by atoms with van der Waals surface area (Å²) < 4.78 is 0. The number of carbonyl (C=O) groups is 2. The van der Waals surface area contributed by atoms with Gasteiger partial charge in [-0.15, -0.1) is 0 Å². The lowest BCUT2D eigenvalue weighted by Crippen LogP contribution is -2.22. The summed E-state index contributed by atoms with van der Waals surface area (Å²) in [5, 5.41) is 6.03. The van der Waals surface area contributed by atoms with Crippen LogP contribution in [0.2, 0.25) is 5.02 Å². The van der Waals surface area contributed by atoms with E-state index in [1.165, 1.54) is 6.08 Å². The Morgan fingerprint density at radius 3 is 2.43 bits per heavy atom. The van der Waals surface area contributed by atoms with Gasteiger partial charge in [-0.05, 0) is 48.9 Å². The molecule has 2 rings (SSSR count). The zero-order chi connectivity index (χ0) is 16.7. The summed E-state index contributed by atoms with van der Waals surface area (Å²) in [6, 6.07) is 14.0. The van der Waals surface area contributed by atoms with Crippen LogP contribution in [0.3, 0.4) is 0 Å². The number of amides is 2. The van der Waals surface area contributed by atoms with Gasteiger partial charge in [0.25, 0.3) is 5.91 Å². The Bertz CT molecular complexity index is 724. The highest BCUT2D eigenvalue weighted by molar-refractivity contribution is 6.32. The van der Waals surface area contributed by atoms with Gasteiger partial charge < -0.3 is 10.6 Å². The molecule has 4 nitrogen and oxygen atoms in total. The first-order chi connectivity index (χ1) is 11.1. The van der Waals surface area contributed by atoms with Crippen LogP contribution >= 0.6 is 11.6 Å². The number of nitrogens with one attached hydrogen (secondary N) is 2. The number of carbonyl (C=O) groups excluding carboxylic acids is 2. The van der Waals surface area contributed by atoms with Crippen LogP contribution in [0, 0.1) is 0 Å². The molecule has 0 unspecified atom stereocenters. The average Bonchev–Trinajstić information content (AvgIpc) is 2.55. The molecular weight excluding hydrogens is 312 g/mol. The van der Waals surface area contributed by atoms with E-state index in [9.17, 15) is 9.59 Å². The van der Waals surface area contributed by atoms with Crippen LogP contribution in [-0.2, 0) is 4.79 Å². The maximum Gasteiger partial charge on any atom is 0.251 e. The molecule has 0 aliphatic carbocycles. The van der Waals surface area contributed by atoms with Crippen LogP contribution in [0.1, 0.15) is 22.8 Å². The molecule has 0 aliphatic rings. The topological polar surface area (TPSA) is 58.2 Å². The Labute approximate surface area is 140 Å². The largest absolute Gasteiger partial charge is 0.352 e. The zero-order valence-electron chi connectivity index (χ0n) is 12.7. The Kier molecular flexibility index (Phi) is 5.94. The molecule has 0 saturated carbocycles. The Morgan fingerprint density at radius 2 is 1.78 bits per heavy atom. The van der Waals surface area contributed by atoms with Crippen LogP contribution < -0.4 is 10.6 Å². The second-order valence-electron chi connectivity index (χ2n) is 4.78. The molecule has 2 N–H and O–H groups in total. The summed E-state index contributed by atoms with van der Waals surface area (Å²) in [5.41, 5.74) is 1.94. The van der Waals surface area contributed by atoms with Gasteiger partial charge in [0.05, 0.1) is 0 Å². The second kappa shape index (κ2) is 8.15. The molecule has 2 aromatic carbocycles. The number of halogens is 1. The molecule has 23 heavy (non-hydrogen) atoms. The fraction of sp³-hybridized carbons (Fsp3) is 0.111. The first-order valence-electron chi connectivity index (χ1n) is 7.22. The molecule has 2 aromatic rings. The molecule has 0 radical (unpaired) electrons. The third-order valence-electron chi connectivity index (χ3n) is 3.07. The molecule has 0 aliphatic heterocycles. The minimum Gasteiger partial charge on any atom is -0.352 e. The quantitative estimate of drug-likeness (QED) is 0.821. The molecule has 0 aromatic heterocycles. The van der Waals surface area contributed by atoms with Crippen LogP contribution in [0.15, 0.2) is 54.6 Å². The van der Waals surface area contributed by atoms with E-state index in [1.807, 2.05) is 25.1 Å². The van der Waals surface area contributed by atoms with E-state index >= 15 is 0 Å². The monoisotopic (exact) mass is 328 g/mol. The van der Waals surface area contributed by atoms with Gasteiger partial charge in [0.15, 0.2) is 0 Å². The SMILES string of the molecule is CCNC(=O)c1ccc(NC(=O)/C=C/c2ccccc2Cl)cc1. The van der Waals surface area contributed by atoms with Gasteiger partial charge in [-0.3, -0.25) is 9.59 Å². The van der Waals surface area contributed by atoms with Crippen molar-refractivity contribution in [1.82, 2.24) is 5.32 Å². The molecular formula is C18H17ClN2O2. The summed E-state index contributed by atoms with van der Waals surface area (Å²) in [6.07, 6.45) is 3.07. The predicted molar refractivity (Wildman–Crippen MR) is 93.6 cm³/mol. The molecule has 0 atom stereocenters. The van der Waals surface area contributed by atoms with Crippen molar-refractivity contribution in [3.8, 4) is 0 Å². The van der Waals surface area contributed by atoms with Gasteiger partial charge >= 0.3 is 0 Å². The number of benzene rings is 2. The first-order valence-corrected chi connectivity index (χ1v) is 7.60. The van der Waals surface area contributed by atoms with Crippen LogP contribution in [0.4, 0.5) is 5.69 Å². The van der Waals surface area contributed by atoms with E-state index < -0.39 is 0 Å². The summed E-state index contributed by atoms with van der Waals surface area (Å²) in [6.45, 7) is 2.43. The minimum absolute atomic E-state index is 0.135. The second-order valence-corrected chi connectivity index (χ2v) is 5.19. The number of anilines is 1. The van der Waals surface area contributed by atoms with Gasteiger partial charge in [0, 0.05) is 28.9 Å². The van der Waals surface area contributed by atoms with Crippen molar-refractivity contribution in [3.05, 3.63) is 70.8 Å². The van der Waals surface area contributed by atoms with Gasteiger partial charge in [-0.2, -0.15) is 0 Å². The summed E-state index contributed by atoms with van der Waals surface area (Å²) in [7, 11) is 0. The van der Waals surface area contributed by atoms with E-state index in [4.69, 9.17) is 11.6 Å². The first kappa shape index (κ1) is 16.8. The maximum absolute atomic E-state index is 11.9. The highest BCUT2D eigenvalue weighted by atomic mass is 35.5. The summed E-state index contributed by atoms with van der Waals surface area (Å²) >= 11 is 6.02. The molecule has 118 valence electrons. The Hall–Kier alpha value is -2.59. The van der Waals surface area contributed by atoms with Crippen molar-refractivity contribution in [2.45, 2.75) is 6.92 Å². The lowest BCUT2D eigenvalue weighted by Gasteiger charge is -2.05. The van der Waals surface area contributed by atoms with E-state index in [1.54, 1.807) is 36.4 Å². The maximum atomic E-state index is 11.9. The highest BCUT2D eigenvalue weighted by Gasteiger charge is 2.04. The van der Waals surface area contributed by atoms with Crippen molar-refractivity contribution >= 4 is 35.2 Å². The molecule has 0 fully saturated rings. The Balaban J connectivity index is 1.98. The average molecular weight is 329 g/mol. The van der Waals surface area contributed by atoms with E-state index in [0.29, 0.717) is 22.8 Å². The minimum atomic E-state index is -0.268. The smallest absolute Gasteiger partial charge is 0.251 e. The van der Waals surface area contributed by atoms with Gasteiger partial charge in [0.1, 0.15) is 0 Å². The number of rotatable bonds is 5. The molecule has 2 amide bonds. The zero-order valence-corrected chi connectivity index (χ0v) is 13.4. The summed E-state index contributed by atoms with van der Waals surface area (Å²) in [4.78, 5) is 23.5. The fourth-order valence-corrected chi connectivity index (χ4v) is 2.13. The van der Waals surface area contributed by atoms with Crippen LogP contribution in [0.25, 0.3) is 6.08 Å². The van der Waals surface area contributed by atoms with Crippen molar-refractivity contribution < 1.29 is 9.59 Å². The molecule has 0 saturated heterocycles. The lowest BCUT2D eigenvalue weighted by atomic mass is 10.2. The predicted octanol–water partition coefficient (Wildman–Crippen LogP) is 3.74. The Morgan fingerprint density at radius 1 is 1.09 bits per heavy atom. The third-order valence-corrected chi connectivity index (χ3v) is 3.42. The fourth-order valence-electron chi connectivity index (χ4n) is 1.93. The van der Waals surface area contributed by atoms with Gasteiger partial charge in [-0.1, -0.05) is 29.8 Å². The van der Waals surface area contributed by atoms with Gasteiger partial charge in [0.2, 0.25) is 5.91 Å². The van der Waals surface area contributed by atoms with Crippen molar-refractivity contribution in [2.75, 3.05) is 11.9 Å². The van der Waals surface area contributed by atoms with Crippen molar-refractivity contribution in [2.24, 2.45) is 0 Å². The van der Waals surface area contributed by atoms with Crippen molar-refractivity contribution in [1.29, 1.82) is 0 Å². The highest BCUT2D eigenvalue weighted by Crippen LogP contribution is 2.16. The van der Waals surface area contributed by atoms with Crippen LogP contribution in [-0.4, -0.2) is 18.4 Å². The molecule has 0 bridgehead atoms. The molecule has 5 heteroatoms. The normalized spacial score (nSPS) is 10.5. The van der Waals surface area contributed by atoms with E-state index in [2.05, 4.69) is 10.6 Å². The van der Waals surface area contributed by atoms with Gasteiger partial charge in [-0.25, -0.2) is 0 Å². The standard InChI is InChI=1S/C18H17ClN2O2/c1-2-20-18(23)14-7-10-15(11-8-14)21-17(22)12-9-13-5-3-4-6-16(13)19/h3-12H,2H2,1H3,(H,20,23)(H,21,22)/b12-9+. The number of hydrogen-bond donors (Lipinski definition) is 2. The number of hydrogen-bond acceptors (Lipinski definition) is 2. The van der Waals surface area contributed by atoms with E-state index in [-0.39, 0.29) is 11.8 Å². The summed E-state index contributed by atoms with van der Waals surface area (Å²) in [5.74, 6) is -0.403. The van der Waals surface area contributed by atoms with E-state index in [0.717, 1.165) is 5.56 Å². The van der Waals surface area contributed by atoms with Crippen LogP contribution in [0.5, 0.6) is 0 Å². The third kappa shape index (κ3) is 4.97. The molecule has 0 heterocycles.